The second kappa shape index (κ2) is 4.35. The van der Waals surface area contributed by atoms with Gasteiger partial charge in [-0.2, -0.15) is 13.2 Å². The molecule has 0 saturated carbocycles. The van der Waals surface area contributed by atoms with Gasteiger partial charge in [0.25, 0.3) is 0 Å². The van der Waals surface area contributed by atoms with Crippen LogP contribution in [-0.2, 0) is 11.6 Å². The quantitative estimate of drug-likeness (QED) is 0.740. The Morgan fingerprint density at radius 2 is 1.53 bits per heavy atom. The Balaban J connectivity index is 3.43. The fourth-order valence-electron chi connectivity index (χ4n) is 1.61. The smallest absolute Gasteiger partial charge is 0.423 e. The summed E-state index contributed by atoms with van der Waals surface area (Å²) in [7, 11) is -1.90. The van der Waals surface area contributed by atoms with Crippen molar-refractivity contribution in [3.63, 3.8) is 0 Å². The van der Waals surface area contributed by atoms with E-state index in [4.69, 9.17) is 10.0 Å². The van der Waals surface area contributed by atoms with Crippen molar-refractivity contribution < 1.29 is 23.2 Å². The zero-order valence-electron chi connectivity index (χ0n) is 9.84. The maximum atomic E-state index is 12.9. The first-order chi connectivity index (χ1) is 7.53. The molecule has 1 aromatic rings. The highest BCUT2D eigenvalue weighted by atomic mass is 19.4. The molecule has 0 atom stereocenters. The van der Waals surface area contributed by atoms with E-state index in [2.05, 4.69) is 0 Å². The fraction of sp³-hybridized carbons (Fsp3) is 0.455. The molecular formula is C11H14BF3O2. The van der Waals surface area contributed by atoms with Crippen LogP contribution in [0.4, 0.5) is 13.2 Å². The van der Waals surface area contributed by atoms with E-state index in [1.165, 1.54) is 12.1 Å². The highest BCUT2D eigenvalue weighted by Gasteiger charge is 2.37. The average Bonchev–Trinajstić information content (AvgIpc) is 2.14. The van der Waals surface area contributed by atoms with Gasteiger partial charge in [-0.05, 0) is 22.5 Å². The van der Waals surface area contributed by atoms with E-state index in [0.717, 1.165) is 6.07 Å². The highest BCUT2D eigenvalue weighted by molar-refractivity contribution is 6.58. The minimum absolute atomic E-state index is 0.134. The summed E-state index contributed by atoms with van der Waals surface area (Å²) in [6, 6.07) is 3.36. The van der Waals surface area contributed by atoms with Gasteiger partial charge in [0, 0.05) is 0 Å². The van der Waals surface area contributed by atoms with Gasteiger partial charge in [-0.1, -0.05) is 32.9 Å². The maximum absolute atomic E-state index is 12.9. The highest BCUT2D eigenvalue weighted by Crippen LogP contribution is 2.36. The minimum atomic E-state index is -4.51. The molecule has 0 heterocycles. The van der Waals surface area contributed by atoms with E-state index >= 15 is 0 Å². The third-order valence-corrected chi connectivity index (χ3v) is 2.46. The molecule has 0 amide bonds. The largest absolute Gasteiger partial charge is 0.488 e. The Bertz CT molecular complexity index is 408. The molecule has 6 heteroatoms. The molecule has 2 N–H and O–H groups in total. The minimum Gasteiger partial charge on any atom is -0.423 e. The van der Waals surface area contributed by atoms with E-state index < -0.39 is 24.3 Å². The van der Waals surface area contributed by atoms with Crippen LogP contribution in [0.25, 0.3) is 0 Å². The summed E-state index contributed by atoms with van der Waals surface area (Å²) >= 11 is 0. The molecule has 1 aromatic carbocycles. The topological polar surface area (TPSA) is 40.5 Å². The van der Waals surface area contributed by atoms with Crippen molar-refractivity contribution in [3.8, 4) is 0 Å². The van der Waals surface area contributed by atoms with Crippen molar-refractivity contribution in [2.45, 2.75) is 32.4 Å². The predicted octanol–water partition coefficient (Wildman–Crippen LogP) is 1.68. The summed E-state index contributed by atoms with van der Waals surface area (Å²) < 4.78 is 38.6. The van der Waals surface area contributed by atoms with E-state index in [-0.39, 0.29) is 11.0 Å². The van der Waals surface area contributed by atoms with Gasteiger partial charge < -0.3 is 10.0 Å². The molecule has 1 rings (SSSR count). The second-order valence-corrected chi connectivity index (χ2v) is 4.93. The first kappa shape index (κ1) is 14.1. The summed E-state index contributed by atoms with van der Waals surface area (Å²) in [5.41, 5.74) is -1.51. The third-order valence-electron chi connectivity index (χ3n) is 2.46. The Morgan fingerprint density at radius 3 is 1.88 bits per heavy atom. The lowest BCUT2D eigenvalue weighted by Crippen LogP contribution is -2.32. The van der Waals surface area contributed by atoms with Gasteiger partial charge in [0.2, 0.25) is 0 Å². The third kappa shape index (κ3) is 3.23. The second-order valence-electron chi connectivity index (χ2n) is 4.93. The van der Waals surface area contributed by atoms with Crippen LogP contribution in [0.1, 0.15) is 31.9 Å². The van der Waals surface area contributed by atoms with Gasteiger partial charge in [-0.15, -0.1) is 0 Å². The number of halogens is 3. The number of benzene rings is 1. The summed E-state index contributed by atoms with van der Waals surface area (Å²) in [6.07, 6.45) is -4.51. The zero-order chi connectivity index (χ0) is 13.4. The molecule has 0 unspecified atom stereocenters. The molecule has 2 nitrogen and oxygen atoms in total. The number of rotatable bonds is 1. The molecule has 0 radical (unpaired) electrons. The lowest BCUT2D eigenvalue weighted by molar-refractivity contribution is -0.138. The monoisotopic (exact) mass is 246 g/mol. The van der Waals surface area contributed by atoms with Crippen LogP contribution in [-0.4, -0.2) is 17.2 Å². The van der Waals surface area contributed by atoms with Gasteiger partial charge in [-0.25, -0.2) is 0 Å². The summed E-state index contributed by atoms with van der Waals surface area (Å²) in [5.74, 6) is 0. The number of alkyl halides is 3. The van der Waals surface area contributed by atoms with Crippen molar-refractivity contribution in [2.75, 3.05) is 0 Å². The number of hydrogen-bond acceptors (Lipinski definition) is 2. The first-order valence-electron chi connectivity index (χ1n) is 5.11. The van der Waals surface area contributed by atoms with E-state index in [1.807, 2.05) is 0 Å². The SMILES string of the molecule is CC(C)(C)c1ccc(B(O)O)cc1C(F)(F)F. The molecule has 0 aliphatic carbocycles. The van der Waals surface area contributed by atoms with E-state index in [1.54, 1.807) is 20.8 Å². The van der Waals surface area contributed by atoms with Gasteiger partial charge in [-0.3, -0.25) is 0 Å². The molecule has 0 aliphatic heterocycles. The molecule has 94 valence electrons. The van der Waals surface area contributed by atoms with Crippen LogP contribution in [0, 0.1) is 0 Å². The lowest BCUT2D eigenvalue weighted by atomic mass is 9.75. The fourth-order valence-corrected chi connectivity index (χ4v) is 1.61. The molecular weight excluding hydrogens is 232 g/mol. The molecule has 0 saturated heterocycles. The molecule has 17 heavy (non-hydrogen) atoms. The standard InChI is InChI=1S/C11H14BF3O2/c1-10(2,3)8-5-4-7(12(16)17)6-9(8)11(13,14)15/h4-6,16-17H,1-3H3. The average molecular weight is 246 g/mol. The van der Waals surface area contributed by atoms with Crippen LogP contribution in [0.2, 0.25) is 0 Å². The summed E-state index contributed by atoms with van der Waals surface area (Å²) in [5, 5.41) is 17.8. The number of hydrogen-bond donors (Lipinski definition) is 2. The lowest BCUT2D eigenvalue weighted by Gasteiger charge is -2.24. The van der Waals surface area contributed by atoms with Crippen LogP contribution < -0.4 is 5.46 Å². The maximum Gasteiger partial charge on any atom is 0.488 e. The van der Waals surface area contributed by atoms with Crippen molar-refractivity contribution in [1.29, 1.82) is 0 Å². The predicted molar refractivity (Wildman–Crippen MR) is 60.0 cm³/mol. The Kier molecular flexibility index (Phi) is 3.59. The molecule has 0 aliphatic rings. The Hall–Kier alpha value is -1.01. The molecule has 0 spiro atoms. The summed E-state index contributed by atoms with van der Waals surface area (Å²) in [4.78, 5) is 0. The Morgan fingerprint density at radius 1 is 1.00 bits per heavy atom. The molecule has 0 fully saturated rings. The van der Waals surface area contributed by atoms with Crippen LogP contribution in [0.5, 0.6) is 0 Å². The van der Waals surface area contributed by atoms with Gasteiger partial charge in [0.05, 0.1) is 5.56 Å². The van der Waals surface area contributed by atoms with Gasteiger partial charge >= 0.3 is 13.3 Å². The molecule has 0 aromatic heterocycles. The summed E-state index contributed by atoms with van der Waals surface area (Å²) in [6.45, 7) is 5.02. The zero-order valence-corrected chi connectivity index (χ0v) is 9.84. The van der Waals surface area contributed by atoms with Crippen molar-refractivity contribution >= 4 is 12.6 Å². The Labute approximate surface area is 98.2 Å². The van der Waals surface area contributed by atoms with Gasteiger partial charge in [0.1, 0.15) is 0 Å². The molecule has 0 bridgehead atoms. The van der Waals surface area contributed by atoms with Crippen LogP contribution >= 0.6 is 0 Å². The van der Waals surface area contributed by atoms with Crippen molar-refractivity contribution in [1.82, 2.24) is 0 Å². The normalized spacial score (nSPS) is 12.7. The van der Waals surface area contributed by atoms with Crippen molar-refractivity contribution in [2.24, 2.45) is 0 Å². The van der Waals surface area contributed by atoms with Crippen LogP contribution in [0.3, 0.4) is 0 Å². The van der Waals surface area contributed by atoms with Crippen molar-refractivity contribution in [3.05, 3.63) is 29.3 Å². The first-order valence-corrected chi connectivity index (χ1v) is 5.11. The van der Waals surface area contributed by atoms with Gasteiger partial charge in [0.15, 0.2) is 0 Å². The van der Waals surface area contributed by atoms with Crippen LogP contribution in [0.15, 0.2) is 18.2 Å². The van der Waals surface area contributed by atoms with E-state index in [0.29, 0.717) is 0 Å². The van der Waals surface area contributed by atoms with E-state index in [9.17, 15) is 13.2 Å².